The molecular weight excluding hydrogens is 312 g/mol. The molecule has 2 nitrogen and oxygen atoms in total. The van der Waals surface area contributed by atoms with Crippen LogP contribution in [0.2, 0.25) is 0 Å². The highest BCUT2D eigenvalue weighted by Gasteiger charge is 2.25. The molecule has 1 aliphatic carbocycles. The topological polar surface area (TPSA) is 34.1 Å². The second-order valence-corrected chi connectivity index (χ2v) is 4.56. The van der Waals surface area contributed by atoms with Gasteiger partial charge in [-0.2, -0.15) is 0 Å². The van der Waals surface area contributed by atoms with Gasteiger partial charge in [-0.05, 0) is 22.0 Å². The summed E-state index contributed by atoms with van der Waals surface area (Å²) in [5.41, 5.74) is 0.888. The molecule has 0 amide bonds. The van der Waals surface area contributed by atoms with E-state index in [1.807, 2.05) is 0 Å². The molecule has 0 aromatic heterocycles. The van der Waals surface area contributed by atoms with Gasteiger partial charge in [0.2, 0.25) is 5.78 Å². The number of Topliss-reactive ketones (excluding diaryl/α,β-unsaturated/α-hetero) is 1. The number of carbonyl (C=O) groups excluding carboxylic acids is 2. The number of rotatable bonds is 0. The molecule has 0 radical (unpaired) electrons. The van der Waals surface area contributed by atoms with Crippen LogP contribution in [0.1, 0.15) is 20.7 Å². The fourth-order valence-electron chi connectivity index (χ4n) is 1.35. The summed E-state index contributed by atoms with van der Waals surface area (Å²) in [6.45, 7) is 0. The number of halogens is 2. The fraction of sp³-hybridized carbons (Fsp3) is 0. The molecule has 2 rings (SSSR count). The predicted octanol–water partition coefficient (Wildman–Crippen LogP) is 3.11. The van der Waals surface area contributed by atoms with E-state index in [-0.39, 0.29) is 11.6 Å². The van der Waals surface area contributed by atoms with Crippen molar-refractivity contribution in [2.75, 3.05) is 0 Å². The Hall–Kier alpha value is -0.740. The summed E-state index contributed by atoms with van der Waals surface area (Å²) in [5.74, 6) is -0.306. The van der Waals surface area contributed by atoms with Crippen molar-refractivity contribution < 1.29 is 9.59 Å². The lowest BCUT2D eigenvalue weighted by molar-refractivity contribution is 0.0991. The van der Waals surface area contributed by atoms with Crippen molar-refractivity contribution in [2.24, 2.45) is 0 Å². The first-order valence-electron chi connectivity index (χ1n) is 3.86. The van der Waals surface area contributed by atoms with E-state index in [1.165, 1.54) is 6.08 Å². The summed E-state index contributed by atoms with van der Waals surface area (Å²) >= 11 is 6.32. The third-order valence-corrected chi connectivity index (χ3v) is 3.23. The van der Waals surface area contributed by atoms with Gasteiger partial charge in [0.05, 0.1) is 4.48 Å². The number of hydrogen-bond acceptors (Lipinski definition) is 2. The summed E-state index contributed by atoms with van der Waals surface area (Å²) in [4.78, 5) is 23.2. The molecule has 70 valence electrons. The Morgan fingerprint density at radius 1 is 1.07 bits per heavy atom. The van der Waals surface area contributed by atoms with Gasteiger partial charge in [-0.25, -0.2) is 0 Å². The fourth-order valence-corrected chi connectivity index (χ4v) is 2.33. The second-order valence-electron chi connectivity index (χ2n) is 2.85. The zero-order valence-corrected chi connectivity index (χ0v) is 10.1. The Balaban J connectivity index is 2.75. The molecule has 1 aromatic rings. The molecule has 4 heteroatoms. The van der Waals surface area contributed by atoms with Crippen LogP contribution in [0, 0.1) is 0 Å². The zero-order valence-electron chi connectivity index (χ0n) is 6.88. The second kappa shape index (κ2) is 3.44. The summed E-state index contributed by atoms with van der Waals surface area (Å²) in [5, 5.41) is 0. The highest BCUT2D eigenvalue weighted by molar-refractivity contribution is 9.12. The van der Waals surface area contributed by atoms with E-state index >= 15 is 0 Å². The standard InChI is InChI=1S/C10H4Br2O2/c11-6-3-1-2-5-9(6)8(13)4-7(12)10(5)14/h1-4H. The van der Waals surface area contributed by atoms with Crippen LogP contribution in [0.3, 0.4) is 0 Å². The normalized spacial score (nSPS) is 15.1. The minimum absolute atomic E-state index is 0.152. The number of carbonyl (C=O) groups is 2. The molecule has 14 heavy (non-hydrogen) atoms. The van der Waals surface area contributed by atoms with E-state index in [0.717, 1.165) is 0 Å². The van der Waals surface area contributed by atoms with Crippen LogP contribution in [0.25, 0.3) is 0 Å². The van der Waals surface area contributed by atoms with Crippen molar-refractivity contribution in [3.63, 3.8) is 0 Å². The molecule has 0 unspecified atom stereocenters. The van der Waals surface area contributed by atoms with Gasteiger partial charge in [0.1, 0.15) is 0 Å². The Labute approximate surface area is 97.3 Å². The number of benzene rings is 1. The molecule has 0 saturated carbocycles. The lowest BCUT2D eigenvalue weighted by Crippen LogP contribution is -2.14. The predicted molar refractivity (Wildman–Crippen MR) is 59.8 cm³/mol. The highest BCUT2D eigenvalue weighted by atomic mass is 79.9. The van der Waals surface area contributed by atoms with Crippen LogP contribution >= 0.6 is 31.9 Å². The van der Waals surface area contributed by atoms with Gasteiger partial charge in [-0.1, -0.05) is 28.1 Å². The maximum atomic E-state index is 11.6. The molecule has 0 saturated heterocycles. The summed E-state index contributed by atoms with van der Waals surface area (Å²) in [6.07, 6.45) is 1.30. The summed E-state index contributed by atoms with van der Waals surface area (Å²) < 4.78 is 0.970. The van der Waals surface area contributed by atoms with Crippen molar-refractivity contribution in [2.45, 2.75) is 0 Å². The lowest BCUT2D eigenvalue weighted by atomic mass is 9.95. The van der Waals surface area contributed by atoms with E-state index in [9.17, 15) is 9.59 Å². The molecular formula is C10H4Br2O2. The largest absolute Gasteiger partial charge is 0.289 e. The Bertz CT molecular complexity index is 475. The molecule has 0 heterocycles. The average molecular weight is 316 g/mol. The van der Waals surface area contributed by atoms with Gasteiger partial charge in [0, 0.05) is 21.7 Å². The van der Waals surface area contributed by atoms with Crippen LogP contribution in [0.15, 0.2) is 33.2 Å². The van der Waals surface area contributed by atoms with Gasteiger partial charge in [-0.3, -0.25) is 9.59 Å². The third kappa shape index (κ3) is 1.38. The monoisotopic (exact) mass is 314 g/mol. The van der Waals surface area contributed by atoms with Crippen LogP contribution in [-0.4, -0.2) is 11.6 Å². The Morgan fingerprint density at radius 2 is 1.79 bits per heavy atom. The quantitative estimate of drug-likeness (QED) is 0.737. The van der Waals surface area contributed by atoms with Crippen LogP contribution in [0.4, 0.5) is 0 Å². The molecule has 0 N–H and O–H groups in total. The minimum Gasteiger partial charge on any atom is -0.289 e. The highest BCUT2D eigenvalue weighted by Crippen LogP contribution is 2.29. The molecule has 1 aromatic carbocycles. The van der Waals surface area contributed by atoms with E-state index in [2.05, 4.69) is 31.9 Å². The Morgan fingerprint density at radius 3 is 2.50 bits per heavy atom. The van der Waals surface area contributed by atoms with Crippen molar-refractivity contribution in [1.29, 1.82) is 0 Å². The number of fused-ring (bicyclic) bond motifs is 1. The lowest BCUT2D eigenvalue weighted by Gasteiger charge is -2.12. The third-order valence-electron chi connectivity index (χ3n) is 1.98. The Kier molecular flexibility index (Phi) is 2.41. The van der Waals surface area contributed by atoms with E-state index in [1.54, 1.807) is 18.2 Å². The van der Waals surface area contributed by atoms with E-state index < -0.39 is 0 Å². The maximum absolute atomic E-state index is 11.6. The van der Waals surface area contributed by atoms with Crippen LogP contribution in [0.5, 0.6) is 0 Å². The van der Waals surface area contributed by atoms with Gasteiger partial charge < -0.3 is 0 Å². The van der Waals surface area contributed by atoms with Crippen molar-refractivity contribution in [3.8, 4) is 0 Å². The zero-order chi connectivity index (χ0) is 10.3. The van der Waals surface area contributed by atoms with E-state index in [4.69, 9.17) is 0 Å². The maximum Gasteiger partial charge on any atom is 0.200 e. The van der Waals surface area contributed by atoms with Gasteiger partial charge in [0.15, 0.2) is 5.78 Å². The SMILES string of the molecule is O=C1C(Br)=CC(=O)c2c(Br)cccc21. The molecule has 0 spiro atoms. The first-order valence-corrected chi connectivity index (χ1v) is 5.44. The first kappa shape index (κ1) is 9.80. The van der Waals surface area contributed by atoms with Crippen molar-refractivity contribution >= 4 is 43.4 Å². The van der Waals surface area contributed by atoms with Gasteiger partial charge in [0.25, 0.3) is 0 Å². The molecule has 0 bridgehead atoms. The number of hydrogen-bond donors (Lipinski definition) is 0. The summed E-state index contributed by atoms with van der Waals surface area (Å²) in [7, 11) is 0. The molecule has 0 atom stereocenters. The summed E-state index contributed by atoms with van der Waals surface area (Å²) in [6, 6.07) is 5.13. The van der Waals surface area contributed by atoms with Crippen LogP contribution < -0.4 is 0 Å². The average Bonchev–Trinajstić information content (AvgIpc) is 2.14. The first-order chi connectivity index (χ1) is 6.61. The number of allylic oxidation sites excluding steroid dienone is 2. The molecule has 0 fully saturated rings. The molecule has 1 aliphatic rings. The van der Waals surface area contributed by atoms with Gasteiger partial charge in [-0.15, -0.1) is 0 Å². The van der Waals surface area contributed by atoms with Crippen LogP contribution in [-0.2, 0) is 0 Å². The van der Waals surface area contributed by atoms with Crippen molar-refractivity contribution in [3.05, 3.63) is 44.4 Å². The number of ketones is 2. The van der Waals surface area contributed by atoms with Crippen molar-refractivity contribution in [1.82, 2.24) is 0 Å². The smallest absolute Gasteiger partial charge is 0.200 e. The van der Waals surface area contributed by atoms with Gasteiger partial charge >= 0.3 is 0 Å². The minimum atomic E-state index is -0.154. The molecule has 0 aliphatic heterocycles. The van der Waals surface area contributed by atoms with E-state index in [0.29, 0.717) is 20.1 Å².